The molecule has 1 aliphatic rings. The predicted molar refractivity (Wildman–Crippen MR) is 70.2 cm³/mol. The summed E-state index contributed by atoms with van der Waals surface area (Å²) in [5.41, 5.74) is 0.330. The summed E-state index contributed by atoms with van der Waals surface area (Å²) in [6.45, 7) is 0. The van der Waals surface area contributed by atoms with E-state index in [4.69, 9.17) is 0 Å². The molecule has 0 bridgehead atoms. The number of urea groups is 1. The second-order valence-corrected chi connectivity index (χ2v) is 6.79. The van der Waals surface area contributed by atoms with Gasteiger partial charge in [0.15, 0.2) is 9.84 Å². The lowest BCUT2D eigenvalue weighted by atomic mass is 10.2. The van der Waals surface area contributed by atoms with Gasteiger partial charge in [-0.25, -0.2) is 17.6 Å². The van der Waals surface area contributed by atoms with Gasteiger partial charge in [-0.3, -0.25) is 0 Å². The first-order chi connectivity index (χ1) is 8.94. The van der Waals surface area contributed by atoms with E-state index in [1.807, 2.05) is 0 Å². The summed E-state index contributed by atoms with van der Waals surface area (Å²) in [4.78, 5) is 11.7. The number of anilines is 1. The molecule has 2 N–H and O–H groups in total. The minimum absolute atomic E-state index is 0.0381. The number of rotatable bonds is 2. The van der Waals surface area contributed by atoms with Crippen LogP contribution in [-0.4, -0.2) is 32.0 Å². The van der Waals surface area contributed by atoms with Gasteiger partial charge in [0.2, 0.25) is 0 Å². The molecule has 0 radical (unpaired) electrons. The number of sulfone groups is 1. The third kappa shape index (κ3) is 4.20. The van der Waals surface area contributed by atoms with E-state index in [0.29, 0.717) is 18.5 Å². The van der Waals surface area contributed by atoms with Crippen molar-refractivity contribution in [2.45, 2.75) is 18.9 Å². The molecule has 0 spiro atoms. The minimum Gasteiger partial charge on any atom is -0.334 e. The van der Waals surface area contributed by atoms with Crippen molar-refractivity contribution in [2.24, 2.45) is 0 Å². The largest absolute Gasteiger partial charge is 0.334 e. The number of nitrogens with one attached hydrogen (secondary N) is 2. The van der Waals surface area contributed by atoms with Crippen LogP contribution < -0.4 is 10.6 Å². The molecule has 1 atom stereocenters. The normalized spacial score (nSPS) is 21.6. The molecule has 0 aliphatic carbocycles. The molecule has 1 saturated heterocycles. The molecule has 104 valence electrons. The summed E-state index contributed by atoms with van der Waals surface area (Å²) < 4.78 is 35.8. The van der Waals surface area contributed by atoms with Crippen molar-refractivity contribution in [3.8, 4) is 0 Å². The van der Waals surface area contributed by atoms with Gasteiger partial charge < -0.3 is 10.6 Å². The average molecular weight is 286 g/mol. The summed E-state index contributed by atoms with van der Waals surface area (Å²) in [6.07, 6.45) is 1.18. The van der Waals surface area contributed by atoms with Gasteiger partial charge in [-0.2, -0.15) is 0 Å². The van der Waals surface area contributed by atoms with Gasteiger partial charge in [-0.15, -0.1) is 0 Å². The fraction of sp³-hybridized carbons (Fsp3) is 0.417. The van der Waals surface area contributed by atoms with E-state index in [1.54, 1.807) is 6.07 Å². The number of hydrogen-bond acceptors (Lipinski definition) is 3. The molecular formula is C12H15FN2O3S. The Morgan fingerprint density at radius 2 is 2.16 bits per heavy atom. The van der Waals surface area contributed by atoms with Crippen molar-refractivity contribution in [3.05, 3.63) is 30.1 Å². The van der Waals surface area contributed by atoms with Crippen molar-refractivity contribution >= 4 is 21.6 Å². The number of amides is 2. The Morgan fingerprint density at radius 3 is 2.84 bits per heavy atom. The number of hydrogen-bond donors (Lipinski definition) is 2. The van der Waals surface area contributed by atoms with Crippen LogP contribution in [0.2, 0.25) is 0 Å². The zero-order valence-corrected chi connectivity index (χ0v) is 11.0. The van der Waals surface area contributed by atoms with Crippen LogP contribution in [-0.2, 0) is 9.84 Å². The standard InChI is InChI=1S/C12H15FN2O3S/c13-9-3-1-4-10(7-9)14-12(16)15-11-5-2-6-19(17,18)8-11/h1,3-4,7,11H,2,5-6,8H2,(H2,14,15,16). The topological polar surface area (TPSA) is 75.3 Å². The van der Waals surface area contributed by atoms with Crippen LogP contribution in [0.5, 0.6) is 0 Å². The Hall–Kier alpha value is -1.63. The van der Waals surface area contributed by atoms with Gasteiger partial charge in [-0.1, -0.05) is 6.07 Å². The Bertz CT molecular complexity index is 574. The third-order valence-electron chi connectivity index (χ3n) is 2.88. The Balaban J connectivity index is 1.91. The van der Waals surface area contributed by atoms with Crippen LogP contribution in [0.3, 0.4) is 0 Å². The molecule has 0 aromatic heterocycles. The lowest BCUT2D eigenvalue weighted by molar-refractivity contribution is 0.248. The molecule has 2 rings (SSSR count). The van der Waals surface area contributed by atoms with Crippen molar-refractivity contribution < 1.29 is 17.6 Å². The molecule has 19 heavy (non-hydrogen) atoms. The lowest BCUT2D eigenvalue weighted by Crippen LogP contribution is -2.44. The maximum atomic E-state index is 12.9. The van der Waals surface area contributed by atoms with Gasteiger partial charge in [0.25, 0.3) is 0 Å². The molecular weight excluding hydrogens is 271 g/mol. The summed E-state index contributed by atoms with van der Waals surface area (Å²) >= 11 is 0. The van der Waals surface area contributed by atoms with E-state index in [0.717, 1.165) is 0 Å². The fourth-order valence-corrected chi connectivity index (χ4v) is 3.69. The van der Waals surface area contributed by atoms with Crippen LogP contribution in [0, 0.1) is 5.82 Å². The first-order valence-electron chi connectivity index (χ1n) is 5.98. The summed E-state index contributed by atoms with van der Waals surface area (Å²) in [5, 5.41) is 5.06. The highest BCUT2D eigenvalue weighted by atomic mass is 32.2. The minimum atomic E-state index is -3.06. The van der Waals surface area contributed by atoms with Gasteiger partial charge >= 0.3 is 6.03 Å². The zero-order valence-electron chi connectivity index (χ0n) is 10.2. The summed E-state index contributed by atoms with van der Waals surface area (Å²) in [5.74, 6) is -0.307. The molecule has 0 saturated carbocycles. The van der Waals surface area contributed by atoms with E-state index in [2.05, 4.69) is 10.6 Å². The number of carbonyl (C=O) groups is 1. The fourth-order valence-electron chi connectivity index (χ4n) is 2.06. The van der Waals surface area contributed by atoms with Crippen LogP contribution >= 0.6 is 0 Å². The third-order valence-corrected chi connectivity index (χ3v) is 4.70. The zero-order chi connectivity index (χ0) is 13.9. The molecule has 1 fully saturated rings. The van der Waals surface area contributed by atoms with E-state index in [-0.39, 0.29) is 17.5 Å². The molecule has 7 heteroatoms. The average Bonchev–Trinajstić information content (AvgIpc) is 2.27. The second kappa shape index (κ2) is 5.56. The SMILES string of the molecule is O=C(Nc1cccc(F)c1)NC1CCCS(=O)(=O)C1. The first-order valence-corrected chi connectivity index (χ1v) is 7.80. The highest BCUT2D eigenvalue weighted by molar-refractivity contribution is 7.91. The van der Waals surface area contributed by atoms with Gasteiger partial charge in [0, 0.05) is 11.7 Å². The maximum absolute atomic E-state index is 12.9. The smallest absolute Gasteiger partial charge is 0.319 e. The second-order valence-electron chi connectivity index (χ2n) is 4.56. The van der Waals surface area contributed by atoms with Crippen LogP contribution in [0.4, 0.5) is 14.9 Å². The van der Waals surface area contributed by atoms with Crippen molar-refractivity contribution in [1.29, 1.82) is 0 Å². The Morgan fingerprint density at radius 1 is 1.37 bits per heavy atom. The number of halogens is 1. The molecule has 1 aliphatic heterocycles. The molecule has 5 nitrogen and oxygen atoms in total. The van der Waals surface area contributed by atoms with Crippen molar-refractivity contribution in [3.63, 3.8) is 0 Å². The quantitative estimate of drug-likeness (QED) is 0.865. The molecule has 1 heterocycles. The summed E-state index contributed by atoms with van der Waals surface area (Å²) in [6, 6.07) is 4.60. The Labute approximate surface area is 111 Å². The van der Waals surface area contributed by atoms with Crippen molar-refractivity contribution in [1.82, 2.24) is 5.32 Å². The summed E-state index contributed by atoms with van der Waals surface area (Å²) in [7, 11) is -3.06. The van der Waals surface area contributed by atoms with E-state index < -0.39 is 21.7 Å². The van der Waals surface area contributed by atoms with Crippen LogP contribution in [0.25, 0.3) is 0 Å². The first kappa shape index (κ1) is 13.8. The van der Waals surface area contributed by atoms with Crippen LogP contribution in [0.15, 0.2) is 24.3 Å². The molecule has 2 amide bonds. The highest BCUT2D eigenvalue weighted by Gasteiger charge is 2.25. The Kier molecular flexibility index (Phi) is 4.04. The predicted octanol–water partition coefficient (Wildman–Crippen LogP) is 1.52. The van der Waals surface area contributed by atoms with Gasteiger partial charge in [0.05, 0.1) is 11.5 Å². The molecule has 1 aromatic carbocycles. The highest BCUT2D eigenvalue weighted by Crippen LogP contribution is 2.13. The maximum Gasteiger partial charge on any atom is 0.319 e. The number of benzene rings is 1. The molecule has 1 unspecified atom stereocenters. The van der Waals surface area contributed by atoms with E-state index in [9.17, 15) is 17.6 Å². The number of carbonyl (C=O) groups excluding carboxylic acids is 1. The monoisotopic (exact) mass is 286 g/mol. The van der Waals surface area contributed by atoms with E-state index in [1.165, 1.54) is 18.2 Å². The van der Waals surface area contributed by atoms with Crippen LogP contribution in [0.1, 0.15) is 12.8 Å². The van der Waals surface area contributed by atoms with E-state index >= 15 is 0 Å². The lowest BCUT2D eigenvalue weighted by Gasteiger charge is -2.23. The van der Waals surface area contributed by atoms with Crippen molar-refractivity contribution in [2.75, 3.05) is 16.8 Å². The molecule has 1 aromatic rings. The van der Waals surface area contributed by atoms with Gasteiger partial charge in [-0.05, 0) is 31.0 Å². The van der Waals surface area contributed by atoms with Gasteiger partial charge in [0.1, 0.15) is 5.82 Å².